The largest absolute Gasteiger partial charge is 1.00 e. The molecule has 0 amide bonds. The van der Waals surface area contributed by atoms with Crippen LogP contribution >= 0.6 is 0 Å². The molecular formula is C6H5HgNO4. The molecule has 0 bridgehead atoms. The molecule has 0 aromatic rings. The number of rotatable bonds is 1. The van der Waals surface area contributed by atoms with Crippen molar-refractivity contribution in [2.75, 3.05) is 0 Å². The smallest absolute Gasteiger partial charge is 0.875 e. The van der Waals surface area contributed by atoms with Gasteiger partial charge >= 0.3 is 27.7 Å². The Balaban J connectivity index is 0. The zero-order valence-electron chi connectivity index (χ0n) is 6.11. The van der Waals surface area contributed by atoms with Crippen molar-refractivity contribution in [2.45, 2.75) is 0 Å². The third-order valence-corrected chi connectivity index (χ3v) is 0.954. The number of nitro groups is 1. The molecule has 0 atom stereocenters. The van der Waals surface area contributed by atoms with Gasteiger partial charge in [0.15, 0.2) is 0 Å². The summed E-state index contributed by atoms with van der Waals surface area (Å²) in [5.41, 5.74) is 2.02. The summed E-state index contributed by atoms with van der Waals surface area (Å²) in [6, 6.07) is 0. The second kappa shape index (κ2) is 5.94. The van der Waals surface area contributed by atoms with E-state index in [1.165, 1.54) is 12.2 Å². The Bertz CT molecular complexity index is 265. The molecule has 60 valence electrons. The molecule has 0 unspecified atom stereocenters. The fourth-order valence-corrected chi connectivity index (χ4v) is 0.539. The SMILES string of the molecule is O.O=[N+]([O-])C1=C=CC=C([O-])[CH]1.[Hg+]. The van der Waals surface area contributed by atoms with E-state index in [0.717, 1.165) is 6.42 Å². The first kappa shape index (κ1) is 13.9. The minimum Gasteiger partial charge on any atom is -0.875 e. The monoisotopic (exact) mass is 357 g/mol. The van der Waals surface area contributed by atoms with Crippen LogP contribution in [-0.4, -0.2) is 10.4 Å². The van der Waals surface area contributed by atoms with Crippen LogP contribution in [0, 0.1) is 16.5 Å². The van der Waals surface area contributed by atoms with Gasteiger partial charge in [-0.3, -0.25) is 10.1 Å². The van der Waals surface area contributed by atoms with Gasteiger partial charge in [-0.05, 0) is 11.8 Å². The van der Waals surface area contributed by atoms with Crippen molar-refractivity contribution < 1.29 is 43.2 Å². The molecule has 0 heterocycles. The first-order valence-electron chi connectivity index (χ1n) is 2.53. The van der Waals surface area contributed by atoms with E-state index in [-0.39, 0.29) is 44.6 Å². The van der Waals surface area contributed by atoms with Crippen molar-refractivity contribution in [3.8, 4) is 0 Å². The summed E-state index contributed by atoms with van der Waals surface area (Å²) in [4.78, 5) is 9.34. The van der Waals surface area contributed by atoms with Crippen LogP contribution in [0.2, 0.25) is 0 Å². The van der Waals surface area contributed by atoms with Crippen molar-refractivity contribution in [2.24, 2.45) is 0 Å². The Hall–Kier alpha value is -0.645. The second-order valence-electron chi connectivity index (χ2n) is 1.67. The van der Waals surface area contributed by atoms with Crippen LogP contribution in [0.3, 0.4) is 0 Å². The Morgan fingerprint density at radius 3 is 2.42 bits per heavy atom. The van der Waals surface area contributed by atoms with Gasteiger partial charge in [-0.15, -0.1) is 5.76 Å². The molecule has 0 aromatic carbocycles. The van der Waals surface area contributed by atoms with Crippen LogP contribution in [0.4, 0.5) is 0 Å². The minimum atomic E-state index is -0.651. The Morgan fingerprint density at radius 2 is 2.08 bits per heavy atom. The molecule has 1 aliphatic carbocycles. The molecule has 5 nitrogen and oxygen atoms in total. The van der Waals surface area contributed by atoms with Crippen LogP contribution in [-0.2, 0) is 27.7 Å². The van der Waals surface area contributed by atoms with E-state index in [1.54, 1.807) is 0 Å². The Labute approximate surface area is 89.0 Å². The van der Waals surface area contributed by atoms with Gasteiger partial charge in [-0.1, -0.05) is 6.08 Å². The van der Waals surface area contributed by atoms with Gasteiger partial charge in [0.1, 0.15) is 0 Å². The van der Waals surface area contributed by atoms with Gasteiger partial charge in [0.2, 0.25) is 0 Å². The van der Waals surface area contributed by atoms with Gasteiger partial charge in [0.05, 0.1) is 11.3 Å². The topological polar surface area (TPSA) is 97.7 Å². The van der Waals surface area contributed by atoms with E-state index in [2.05, 4.69) is 5.73 Å². The molecule has 6 heteroatoms. The fraction of sp³-hybridized carbons (Fsp3) is 0. The average Bonchev–Trinajstić information content (AvgIpc) is 1.88. The van der Waals surface area contributed by atoms with Crippen LogP contribution < -0.4 is 5.11 Å². The molecule has 12 heavy (non-hydrogen) atoms. The summed E-state index contributed by atoms with van der Waals surface area (Å²) in [5.74, 6) is -0.370. The van der Waals surface area contributed by atoms with Crippen molar-refractivity contribution >= 4 is 0 Å². The van der Waals surface area contributed by atoms with E-state index in [4.69, 9.17) is 0 Å². The van der Waals surface area contributed by atoms with Crippen LogP contribution in [0.15, 0.2) is 29.3 Å². The molecule has 0 aliphatic heterocycles. The quantitative estimate of drug-likeness (QED) is 0.259. The minimum absolute atomic E-state index is 0. The molecule has 0 fully saturated rings. The molecule has 0 saturated carbocycles. The standard InChI is InChI=1S/C6H4NO3.Hg.H2O/c8-6-3-1-2-5(4-6)7(9)10;;/h1,3-4,8H;;1H2/q;+1;/p-1. The maximum Gasteiger partial charge on any atom is 1.00 e. The van der Waals surface area contributed by atoms with E-state index in [1.807, 2.05) is 0 Å². The molecule has 2 radical (unpaired) electrons. The predicted molar refractivity (Wildman–Crippen MR) is 34.6 cm³/mol. The normalized spacial score (nSPS) is 13.3. The predicted octanol–water partition coefficient (Wildman–Crippen LogP) is -1.06. The number of hydrogen-bond donors (Lipinski definition) is 0. The van der Waals surface area contributed by atoms with E-state index < -0.39 is 4.92 Å². The summed E-state index contributed by atoms with van der Waals surface area (Å²) in [6.07, 6.45) is 3.38. The van der Waals surface area contributed by atoms with Crippen LogP contribution in [0.1, 0.15) is 0 Å². The zero-order chi connectivity index (χ0) is 7.56. The van der Waals surface area contributed by atoms with Gasteiger partial charge in [-0.25, -0.2) is 0 Å². The van der Waals surface area contributed by atoms with Crippen molar-refractivity contribution in [3.05, 3.63) is 45.9 Å². The molecule has 0 saturated heterocycles. The van der Waals surface area contributed by atoms with Crippen molar-refractivity contribution in [1.82, 2.24) is 0 Å². The van der Waals surface area contributed by atoms with Gasteiger partial charge in [0, 0.05) is 0 Å². The summed E-state index contributed by atoms with van der Waals surface area (Å²) in [5, 5.41) is 20.5. The summed E-state index contributed by atoms with van der Waals surface area (Å²) < 4.78 is 0. The van der Waals surface area contributed by atoms with Crippen molar-refractivity contribution in [1.29, 1.82) is 0 Å². The summed E-state index contributed by atoms with van der Waals surface area (Å²) >= 11 is 0. The molecule has 0 spiro atoms. The fourth-order valence-electron chi connectivity index (χ4n) is 0.539. The molecule has 0 aromatic heterocycles. The third kappa shape index (κ3) is 3.66. The maximum absolute atomic E-state index is 10.5. The van der Waals surface area contributed by atoms with Crippen molar-refractivity contribution in [3.63, 3.8) is 0 Å². The number of allylic oxidation sites excluding steroid dienone is 1. The maximum atomic E-state index is 10.5. The van der Waals surface area contributed by atoms with Crippen LogP contribution in [0.5, 0.6) is 0 Å². The van der Waals surface area contributed by atoms with E-state index in [9.17, 15) is 15.2 Å². The second-order valence-corrected chi connectivity index (χ2v) is 1.67. The van der Waals surface area contributed by atoms with Gasteiger partial charge < -0.3 is 10.6 Å². The Kier molecular flexibility index (Phi) is 6.88. The molecule has 2 N–H and O–H groups in total. The average molecular weight is 356 g/mol. The van der Waals surface area contributed by atoms with E-state index in [0.29, 0.717) is 0 Å². The van der Waals surface area contributed by atoms with Gasteiger partial charge in [-0.2, -0.15) is 0 Å². The Morgan fingerprint density at radius 1 is 1.50 bits per heavy atom. The molecule has 1 rings (SSSR count). The zero-order valence-corrected chi connectivity index (χ0v) is 11.6. The first-order valence-corrected chi connectivity index (χ1v) is 2.53. The number of nitrogens with zero attached hydrogens (tertiary/aromatic N) is 1. The van der Waals surface area contributed by atoms with E-state index >= 15 is 0 Å². The first-order chi connectivity index (χ1) is 4.70. The summed E-state index contributed by atoms with van der Waals surface area (Å²) in [6.45, 7) is 0. The molecule has 1 aliphatic rings. The number of hydrogen-bond acceptors (Lipinski definition) is 3. The van der Waals surface area contributed by atoms with Gasteiger partial charge in [0.25, 0.3) is 5.70 Å². The summed E-state index contributed by atoms with van der Waals surface area (Å²) in [7, 11) is 0. The molecular weight excluding hydrogens is 351 g/mol. The van der Waals surface area contributed by atoms with Crippen LogP contribution in [0.25, 0.3) is 0 Å². The third-order valence-electron chi connectivity index (χ3n) is 0.954.